The van der Waals surface area contributed by atoms with Crippen LogP contribution in [0.1, 0.15) is 12.8 Å². The maximum absolute atomic E-state index is 12.3. The Balaban J connectivity index is 2.00. The second kappa shape index (κ2) is 5.82. The Bertz CT molecular complexity index is 471. The molecule has 7 nitrogen and oxygen atoms in total. The molecule has 1 N–H and O–H groups in total. The Labute approximate surface area is 117 Å². The average Bonchev–Trinajstić information content (AvgIpc) is 2.78. The summed E-state index contributed by atoms with van der Waals surface area (Å²) < 4.78 is 0. The molecule has 108 valence electrons. The minimum atomic E-state index is -1.09. The summed E-state index contributed by atoms with van der Waals surface area (Å²) in [6, 6.07) is -0.318. The van der Waals surface area contributed by atoms with Gasteiger partial charge in [0.25, 0.3) is 0 Å². The molecular formula is C13H17N3O4. The summed E-state index contributed by atoms with van der Waals surface area (Å²) in [6.45, 7) is 0.932. The molecule has 20 heavy (non-hydrogen) atoms. The summed E-state index contributed by atoms with van der Waals surface area (Å²) in [4.78, 5) is 39.1. The second-order valence-electron chi connectivity index (χ2n) is 4.96. The molecule has 0 saturated carbocycles. The van der Waals surface area contributed by atoms with Crippen molar-refractivity contribution in [2.45, 2.75) is 18.9 Å². The van der Waals surface area contributed by atoms with Crippen LogP contribution in [0.25, 0.3) is 0 Å². The van der Waals surface area contributed by atoms with Crippen LogP contribution < -0.4 is 0 Å². The van der Waals surface area contributed by atoms with Crippen LogP contribution in [-0.2, 0) is 9.59 Å². The highest BCUT2D eigenvalue weighted by Gasteiger charge is 2.37. The Hall–Kier alpha value is -2.23. The van der Waals surface area contributed by atoms with Gasteiger partial charge in [0, 0.05) is 32.1 Å². The largest absolute Gasteiger partial charge is 0.480 e. The van der Waals surface area contributed by atoms with Crippen LogP contribution in [0, 0.1) is 12.3 Å². The SMILES string of the molecule is C#CCN(CC(=O)O)C(=O)N1CCN2C(=O)CCC2C1. The first-order valence-corrected chi connectivity index (χ1v) is 6.51. The van der Waals surface area contributed by atoms with Gasteiger partial charge in [-0.1, -0.05) is 5.92 Å². The molecule has 0 bridgehead atoms. The zero-order chi connectivity index (χ0) is 14.7. The number of rotatable bonds is 3. The summed E-state index contributed by atoms with van der Waals surface area (Å²) >= 11 is 0. The fourth-order valence-corrected chi connectivity index (χ4v) is 2.70. The van der Waals surface area contributed by atoms with Gasteiger partial charge in [-0.05, 0) is 6.42 Å². The molecule has 3 amide bonds. The van der Waals surface area contributed by atoms with Gasteiger partial charge in [0.15, 0.2) is 0 Å². The van der Waals surface area contributed by atoms with Crippen molar-refractivity contribution in [3.63, 3.8) is 0 Å². The van der Waals surface area contributed by atoms with Gasteiger partial charge >= 0.3 is 12.0 Å². The molecule has 2 saturated heterocycles. The lowest BCUT2D eigenvalue weighted by molar-refractivity contribution is -0.137. The van der Waals surface area contributed by atoms with E-state index in [1.165, 1.54) is 0 Å². The standard InChI is InChI=1S/C13H17N3O4/c1-2-5-14(9-12(18)19)13(20)15-6-7-16-10(8-15)3-4-11(16)17/h1,10H,3-9H2,(H,18,19). The second-order valence-corrected chi connectivity index (χ2v) is 4.96. The summed E-state index contributed by atoms with van der Waals surface area (Å²) in [5, 5.41) is 8.81. The van der Waals surface area contributed by atoms with Gasteiger partial charge in [0.05, 0.1) is 6.54 Å². The summed E-state index contributed by atoms with van der Waals surface area (Å²) in [5.41, 5.74) is 0. The number of amides is 3. The predicted octanol–water partition coefficient (Wildman–Crippen LogP) is -0.567. The predicted molar refractivity (Wildman–Crippen MR) is 69.7 cm³/mol. The lowest BCUT2D eigenvalue weighted by atomic mass is 10.1. The van der Waals surface area contributed by atoms with E-state index in [9.17, 15) is 14.4 Å². The number of fused-ring (bicyclic) bond motifs is 1. The van der Waals surface area contributed by atoms with Crippen LogP contribution in [0.2, 0.25) is 0 Å². The number of aliphatic carboxylic acids is 1. The van der Waals surface area contributed by atoms with Gasteiger partial charge in [0.2, 0.25) is 5.91 Å². The van der Waals surface area contributed by atoms with Gasteiger partial charge < -0.3 is 19.8 Å². The number of urea groups is 1. The summed E-state index contributed by atoms with van der Waals surface area (Å²) in [6.07, 6.45) is 6.44. The van der Waals surface area contributed by atoms with Gasteiger partial charge in [-0.25, -0.2) is 4.79 Å². The molecule has 2 aliphatic heterocycles. The van der Waals surface area contributed by atoms with E-state index < -0.39 is 12.5 Å². The third kappa shape index (κ3) is 2.85. The minimum absolute atomic E-state index is 0.0328. The highest BCUT2D eigenvalue weighted by atomic mass is 16.4. The zero-order valence-corrected chi connectivity index (χ0v) is 11.1. The average molecular weight is 279 g/mol. The van der Waals surface area contributed by atoms with Gasteiger partial charge in [-0.2, -0.15) is 0 Å². The Kier molecular flexibility index (Phi) is 4.13. The van der Waals surface area contributed by atoms with Gasteiger partial charge in [0.1, 0.15) is 6.54 Å². The first kappa shape index (κ1) is 14.2. The Morgan fingerprint density at radius 1 is 1.45 bits per heavy atom. The number of piperazine rings is 1. The molecule has 0 spiro atoms. The first-order valence-electron chi connectivity index (χ1n) is 6.51. The normalized spacial score (nSPS) is 21.4. The van der Waals surface area contributed by atoms with Crippen molar-refractivity contribution < 1.29 is 19.5 Å². The number of carbonyl (C=O) groups is 3. The lowest BCUT2D eigenvalue weighted by Crippen LogP contribution is -2.56. The monoisotopic (exact) mass is 279 g/mol. The number of hydrogen-bond acceptors (Lipinski definition) is 3. The zero-order valence-electron chi connectivity index (χ0n) is 11.1. The third-order valence-electron chi connectivity index (χ3n) is 3.64. The summed E-state index contributed by atoms with van der Waals surface area (Å²) in [5.74, 6) is 1.34. The van der Waals surface area contributed by atoms with Crippen LogP contribution in [0.5, 0.6) is 0 Å². The van der Waals surface area contributed by atoms with Crippen LogP contribution in [0.4, 0.5) is 4.79 Å². The van der Waals surface area contributed by atoms with Crippen molar-refractivity contribution in [3.8, 4) is 12.3 Å². The highest BCUT2D eigenvalue weighted by molar-refractivity contribution is 5.82. The number of terminal acetylenes is 1. The third-order valence-corrected chi connectivity index (χ3v) is 3.64. The van der Waals surface area contributed by atoms with Crippen molar-refractivity contribution in [1.29, 1.82) is 0 Å². The van der Waals surface area contributed by atoms with E-state index >= 15 is 0 Å². The number of carboxylic acid groups (broad SMARTS) is 1. The molecule has 2 fully saturated rings. The Morgan fingerprint density at radius 3 is 2.85 bits per heavy atom. The van der Waals surface area contributed by atoms with Crippen LogP contribution in [-0.4, -0.2) is 76.5 Å². The number of nitrogens with zero attached hydrogens (tertiary/aromatic N) is 3. The molecule has 1 atom stereocenters. The highest BCUT2D eigenvalue weighted by Crippen LogP contribution is 2.23. The fourth-order valence-electron chi connectivity index (χ4n) is 2.70. The molecule has 2 rings (SSSR count). The van der Waals surface area contributed by atoms with E-state index in [-0.39, 0.29) is 24.5 Å². The molecule has 1 unspecified atom stereocenters. The van der Waals surface area contributed by atoms with Crippen LogP contribution in [0.3, 0.4) is 0 Å². The van der Waals surface area contributed by atoms with Crippen LogP contribution in [0.15, 0.2) is 0 Å². The van der Waals surface area contributed by atoms with E-state index in [2.05, 4.69) is 5.92 Å². The van der Waals surface area contributed by atoms with E-state index in [1.54, 1.807) is 9.80 Å². The van der Waals surface area contributed by atoms with Crippen molar-refractivity contribution in [1.82, 2.24) is 14.7 Å². The van der Waals surface area contributed by atoms with Gasteiger partial charge in [-0.3, -0.25) is 9.59 Å². The van der Waals surface area contributed by atoms with Crippen molar-refractivity contribution in [2.75, 3.05) is 32.7 Å². The molecule has 7 heteroatoms. The van der Waals surface area contributed by atoms with E-state index in [0.29, 0.717) is 26.1 Å². The van der Waals surface area contributed by atoms with Crippen molar-refractivity contribution in [2.24, 2.45) is 0 Å². The maximum atomic E-state index is 12.3. The minimum Gasteiger partial charge on any atom is -0.480 e. The van der Waals surface area contributed by atoms with Crippen molar-refractivity contribution >= 4 is 17.9 Å². The summed E-state index contributed by atoms with van der Waals surface area (Å²) in [7, 11) is 0. The van der Waals surface area contributed by atoms with E-state index in [1.807, 2.05) is 0 Å². The van der Waals surface area contributed by atoms with Gasteiger partial charge in [-0.15, -0.1) is 6.42 Å². The fraction of sp³-hybridized carbons (Fsp3) is 0.615. The van der Waals surface area contributed by atoms with Crippen molar-refractivity contribution in [3.05, 3.63) is 0 Å². The van der Waals surface area contributed by atoms with E-state index in [0.717, 1.165) is 11.3 Å². The molecule has 0 aromatic rings. The number of hydrogen-bond donors (Lipinski definition) is 1. The number of carboxylic acids is 1. The molecule has 0 radical (unpaired) electrons. The number of carbonyl (C=O) groups excluding carboxylic acids is 2. The topological polar surface area (TPSA) is 81.2 Å². The molecule has 2 heterocycles. The van der Waals surface area contributed by atoms with E-state index in [4.69, 9.17) is 11.5 Å². The molecule has 0 aliphatic carbocycles. The van der Waals surface area contributed by atoms with Crippen LogP contribution >= 0.6 is 0 Å². The quantitative estimate of drug-likeness (QED) is 0.702. The molecule has 0 aromatic carbocycles. The smallest absolute Gasteiger partial charge is 0.323 e. The molecule has 0 aromatic heterocycles. The Morgan fingerprint density at radius 2 is 2.20 bits per heavy atom. The maximum Gasteiger partial charge on any atom is 0.323 e. The first-order chi connectivity index (χ1) is 9.52. The molecule has 2 aliphatic rings. The molecular weight excluding hydrogens is 262 g/mol. The lowest BCUT2D eigenvalue weighted by Gasteiger charge is -2.39.